The molecule has 0 unspecified atom stereocenters. The highest BCUT2D eigenvalue weighted by Crippen LogP contribution is 2.36. The second-order valence-electron chi connectivity index (χ2n) is 7.77. The molecule has 1 fully saturated rings. The highest BCUT2D eigenvalue weighted by atomic mass is 32.2. The predicted molar refractivity (Wildman–Crippen MR) is 111 cm³/mol. The van der Waals surface area contributed by atoms with Gasteiger partial charge in [0.2, 0.25) is 21.9 Å². The number of rotatable bonds is 3. The summed E-state index contributed by atoms with van der Waals surface area (Å²) in [5.41, 5.74) is 0. The van der Waals surface area contributed by atoms with Crippen molar-refractivity contribution in [3.05, 3.63) is 42.5 Å². The van der Waals surface area contributed by atoms with Crippen LogP contribution in [0.2, 0.25) is 0 Å². The molecule has 1 amide bonds. The first kappa shape index (κ1) is 21.4. The van der Waals surface area contributed by atoms with Crippen molar-refractivity contribution in [2.45, 2.75) is 29.9 Å². The Labute approximate surface area is 180 Å². The average Bonchev–Trinajstić information content (AvgIpc) is 2.99. The van der Waals surface area contributed by atoms with Crippen LogP contribution in [0.1, 0.15) is 12.8 Å². The van der Waals surface area contributed by atoms with Crippen LogP contribution in [-0.4, -0.2) is 79.4 Å². The van der Waals surface area contributed by atoms with Crippen molar-refractivity contribution in [3.8, 4) is 5.75 Å². The first-order chi connectivity index (χ1) is 14.8. The summed E-state index contributed by atoms with van der Waals surface area (Å²) >= 11 is 0. The number of para-hydroxylation sites is 1. The predicted octanol–water partition coefficient (Wildman–Crippen LogP) is 1.12. The number of likely N-dealkylation sites (N-methyl/N-ethyl adjacent to an activating group) is 1. The van der Waals surface area contributed by atoms with Crippen molar-refractivity contribution < 1.29 is 22.3 Å². The molecule has 9 nitrogen and oxygen atoms in total. The van der Waals surface area contributed by atoms with E-state index >= 15 is 0 Å². The number of nitrogens with zero attached hydrogens (tertiary/aromatic N) is 5. The number of carbonyl (C=O) groups excluding carboxylic acids is 1. The van der Waals surface area contributed by atoms with Crippen molar-refractivity contribution in [1.82, 2.24) is 19.2 Å². The van der Waals surface area contributed by atoms with Crippen LogP contribution >= 0.6 is 0 Å². The molecule has 0 N–H and O–H groups in total. The van der Waals surface area contributed by atoms with Gasteiger partial charge in [-0.2, -0.15) is 4.31 Å². The Hall–Kier alpha value is -2.79. The molecule has 0 bridgehead atoms. The molecule has 0 saturated carbocycles. The fourth-order valence-electron chi connectivity index (χ4n) is 3.90. The molecule has 2 aliphatic heterocycles. The molecule has 4 rings (SSSR count). The number of carbonyl (C=O) groups is 1. The lowest BCUT2D eigenvalue weighted by Crippen LogP contribution is -2.50. The third-order valence-electron chi connectivity index (χ3n) is 5.57. The summed E-state index contributed by atoms with van der Waals surface area (Å²) in [6.07, 6.45) is 2.63. The van der Waals surface area contributed by atoms with E-state index in [1.807, 2.05) is 4.90 Å². The Balaban J connectivity index is 1.70. The molecule has 1 aromatic heterocycles. The normalized spacial score (nSPS) is 23.0. The molecule has 0 aliphatic carbocycles. The van der Waals surface area contributed by atoms with Gasteiger partial charge in [0.05, 0.1) is 25.0 Å². The van der Waals surface area contributed by atoms with E-state index in [4.69, 9.17) is 4.74 Å². The first-order valence-electron chi connectivity index (χ1n) is 9.97. The number of benzene rings is 1. The molecule has 2 aromatic rings. The number of fused-ring (bicyclic) bond motifs is 2. The summed E-state index contributed by atoms with van der Waals surface area (Å²) < 4.78 is 47.7. The van der Waals surface area contributed by atoms with Crippen LogP contribution in [0.4, 0.5) is 10.3 Å². The van der Waals surface area contributed by atoms with Gasteiger partial charge in [0.25, 0.3) is 0 Å². The van der Waals surface area contributed by atoms with Crippen molar-refractivity contribution in [3.63, 3.8) is 0 Å². The Bertz CT molecular complexity index is 1060. The summed E-state index contributed by atoms with van der Waals surface area (Å²) in [6.45, 7) is 0.667. The molecule has 2 atom stereocenters. The lowest BCUT2D eigenvalue weighted by atomic mass is 10.1. The third kappa shape index (κ3) is 4.19. The van der Waals surface area contributed by atoms with Crippen LogP contribution in [-0.2, 0) is 14.8 Å². The van der Waals surface area contributed by atoms with E-state index in [2.05, 4.69) is 9.97 Å². The van der Waals surface area contributed by atoms with Crippen LogP contribution in [0, 0.1) is 5.82 Å². The quantitative estimate of drug-likeness (QED) is 0.693. The SMILES string of the molecule is CN(C)C(=O)CN1[C@@H]2CCN(c3ncc(F)cn3)CC[C@H]2Oc2ccccc2S1(=O)=O. The topological polar surface area (TPSA) is 95.9 Å². The first-order valence-corrected chi connectivity index (χ1v) is 11.4. The molecule has 1 saturated heterocycles. The lowest BCUT2D eigenvalue weighted by Gasteiger charge is -2.31. The standard InChI is InChI=1S/C20H24FN5O4S/c1-24(2)19(27)13-26-15-7-9-25(20-22-11-14(21)12-23-20)10-8-16(15)30-17-5-3-4-6-18(17)31(26,28)29/h3-6,11-12,15-16H,7-10,13H2,1-2H3/t15-,16-/m1/s1. The molecule has 0 spiro atoms. The zero-order valence-electron chi connectivity index (χ0n) is 17.3. The molecule has 2 aliphatic rings. The number of aromatic nitrogens is 2. The zero-order chi connectivity index (χ0) is 22.2. The van der Waals surface area contributed by atoms with Crippen LogP contribution in [0.15, 0.2) is 41.6 Å². The minimum atomic E-state index is -3.96. The van der Waals surface area contributed by atoms with Crippen molar-refractivity contribution in [1.29, 1.82) is 0 Å². The van der Waals surface area contributed by atoms with Crippen molar-refractivity contribution in [2.75, 3.05) is 38.6 Å². The summed E-state index contributed by atoms with van der Waals surface area (Å²) in [7, 11) is -0.775. The molecule has 31 heavy (non-hydrogen) atoms. The summed E-state index contributed by atoms with van der Waals surface area (Å²) in [4.78, 5) is 23.9. The summed E-state index contributed by atoms with van der Waals surface area (Å²) in [5.74, 6) is -0.186. The minimum absolute atomic E-state index is 0.0633. The summed E-state index contributed by atoms with van der Waals surface area (Å²) in [5, 5.41) is 0. The number of halogens is 1. The Morgan fingerprint density at radius 3 is 2.58 bits per heavy atom. The monoisotopic (exact) mass is 449 g/mol. The maximum Gasteiger partial charge on any atom is 0.247 e. The van der Waals surface area contributed by atoms with Gasteiger partial charge in [0.15, 0.2) is 5.82 Å². The van der Waals surface area contributed by atoms with E-state index in [0.29, 0.717) is 31.9 Å². The zero-order valence-corrected chi connectivity index (χ0v) is 18.1. The Kier molecular flexibility index (Phi) is 5.80. The van der Waals surface area contributed by atoms with Gasteiger partial charge in [-0.05, 0) is 18.6 Å². The van der Waals surface area contributed by atoms with Crippen LogP contribution in [0.5, 0.6) is 5.75 Å². The van der Waals surface area contributed by atoms with E-state index in [1.54, 1.807) is 32.3 Å². The Morgan fingerprint density at radius 1 is 1.19 bits per heavy atom. The van der Waals surface area contributed by atoms with E-state index < -0.39 is 28.0 Å². The second-order valence-corrected chi connectivity index (χ2v) is 9.63. The van der Waals surface area contributed by atoms with Crippen LogP contribution < -0.4 is 9.64 Å². The molecule has 3 heterocycles. The molecule has 11 heteroatoms. The fraction of sp³-hybridized carbons (Fsp3) is 0.450. The molecule has 1 aromatic carbocycles. The van der Waals surface area contributed by atoms with E-state index in [1.165, 1.54) is 15.3 Å². The highest BCUT2D eigenvalue weighted by Gasteiger charge is 2.44. The van der Waals surface area contributed by atoms with Gasteiger partial charge < -0.3 is 14.5 Å². The van der Waals surface area contributed by atoms with Crippen molar-refractivity contribution >= 4 is 21.9 Å². The van der Waals surface area contributed by atoms with E-state index in [-0.39, 0.29) is 23.1 Å². The van der Waals surface area contributed by atoms with Gasteiger partial charge in [-0.1, -0.05) is 12.1 Å². The third-order valence-corrected chi connectivity index (χ3v) is 7.48. The van der Waals surface area contributed by atoms with Gasteiger partial charge in [0, 0.05) is 33.6 Å². The van der Waals surface area contributed by atoms with Gasteiger partial charge in [-0.15, -0.1) is 0 Å². The van der Waals surface area contributed by atoms with Crippen LogP contribution in [0.25, 0.3) is 0 Å². The van der Waals surface area contributed by atoms with Gasteiger partial charge in [-0.25, -0.2) is 22.8 Å². The molecular formula is C20H24FN5O4S. The summed E-state index contributed by atoms with van der Waals surface area (Å²) in [6, 6.07) is 5.95. The molecule has 0 radical (unpaired) electrons. The van der Waals surface area contributed by atoms with Gasteiger partial charge in [0.1, 0.15) is 16.7 Å². The largest absolute Gasteiger partial charge is 0.487 e. The fourth-order valence-corrected chi connectivity index (χ4v) is 5.65. The van der Waals surface area contributed by atoms with Gasteiger partial charge in [-0.3, -0.25) is 4.79 Å². The number of sulfonamides is 1. The number of amides is 1. The second kappa shape index (κ2) is 8.39. The van der Waals surface area contributed by atoms with Crippen molar-refractivity contribution in [2.24, 2.45) is 0 Å². The maximum absolute atomic E-state index is 13.5. The average molecular weight is 450 g/mol. The van der Waals surface area contributed by atoms with Crippen LogP contribution in [0.3, 0.4) is 0 Å². The van der Waals surface area contributed by atoms with E-state index in [0.717, 1.165) is 12.4 Å². The molecule has 166 valence electrons. The number of hydrogen-bond donors (Lipinski definition) is 0. The number of ether oxygens (including phenoxy) is 1. The molecular weight excluding hydrogens is 425 g/mol. The van der Waals surface area contributed by atoms with E-state index in [9.17, 15) is 17.6 Å². The highest BCUT2D eigenvalue weighted by molar-refractivity contribution is 7.89. The van der Waals surface area contributed by atoms with Gasteiger partial charge >= 0.3 is 0 Å². The lowest BCUT2D eigenvalue weighted by molar-refractivity contribution is -0.129. The smallest absolute Gasteiger partial charge is 0.247 e. The Morgan fingerprint density at radius 2 is 1.87 bits per heavy atom. The number of anilines is 1. The number of hydrogen-bond acceptors (Lipinski definition) is 7. The minimum Gasteiger partial charge on any atom is -0.487 e. The maximum atomic E-state index is 13.5.